The van der Waals surface area contributed by atoms with Gasteiger partial charge in [-0.25, -0.2) is 8.42 Å². The van der Waals surface area contributed by atoms with E-state index in [0.29, 0.717) is 18.7 Å². The summed E-state index contributed by atoms with van der Waals surface area (Å²) < 4.78 is 64.2. The van der Waals surface area contributed by atoms with Crippen LogP contribution in [0, 0.1) is 10.1 Å². The Hall–Kier alpha value is -2.99. The Morgan fingerprint density at radius 1 is 1.10 bits per heavy atom. The summed E-state index contributed by atoms with van der Waals surface area (Å²) in [4.78, 5) is 10.5. The van der Waals surface area contributed by atoms with E-state index in [0.717, 1.165) is 31.0 Å². The number of hydrogen-bond donors (Lipinski definition) is 1. The fraction of sp³-hybridized carbons (Fsp3) is 0.278. The molecule has 0 amide bonds. The van der Waals surface area contributed by atoms with E-state index in [1.807, 2.05) is 0 Å². The van der Waals surface area contributed by atoms with Gasteiger partial charge < -0.3 is 0 Å². The molecule has 0 atom stereocenters. The highest BCUT2D eigenvalue weighted by molar-refractivity contribution is 7.89. The summed E-state index contributed by atoms with van der Waals surface area (Å²) in [5.74, 6) is 0. The molecule has 1 aliphatic heterocycles. The number of hydrazone groups is 1. The van der Waals surface area contributed by atoms with Crippen molar-refractivity contribution in [2.75, 3.05) is 18.5 Å². The first kappa shape index (κ1) is 21.7. The van der Waals surface area contributed by atoms with Crippen molar-refractivity contribution in [3.63, 3.8) is 0 Å². The predicted molar refractivity (Wildman–Crippen MR) is 104 cm³/mol. The fourth-order valence-corrected chi connectivity index (χ4v) is 4.47. The molecular formula is C18H17F3N4O4S. The third-order valence-corrected chi connectivity index (χ3v) is 6.40. The van der Waals surface area contributed by atoms with Gasteiger partial charge in [0.1, 0.15) is 5.69 Å². The van der Waals surface area contributed by atoms with Crippen molar-refractivity contribution in [1.82, 2.24) is 4.31 Å². The third kappa shape index (κ3) is 4.76. The lowest BCUT2D eigenvalue weighted by atomic mass is 10.1. The highest BCUT2D eigenvalue weighted by atomic mass is 32.2. The largest absolute Gasteiger partial charge is 0.416 e. The first-order valence-corrected chi connectivity index (χ1v) is 10.3. The molecule has 3 rings (SSSR count). The van der Waals surface area contributed by atoms with Gasteiger partial charge >= 0.3 is 6.18 Å². The normalized spacial score (nSPS) is 15.6. The van der Waals surface area contributed by atoms with Gasteiger partial charge in [0.2, 0.25) is 10.0 Å². The van der Waals surface area contributed by atoms with Crippen molar-refractivity contribution < 1.29 is 26.5 Å². The zero-order valence-corrected chi connectivity index (χ0v) is 16.3. The van der Waals surface area contributed by atoms with Crippen molar-refractivity contribution in [2.24, 2.45) is 5.10 Å². The molecule has 2 aromatic carbocycles. The van der Waals surface area contributed by atoms with Crippen LogP contribution in [0.5, 0.6) is 0 Å². The molecule has 0 radical (unpaired) electrons. The Morgan fingerprint density at radius 2 is 1.73 bits per heavy atom. The van der Waals surface area contributed by atoms with Crippen molar-refractivity contribution in [2.45, 2.75) is 23.9 Å². The lowest BCUT2D eigenvalue weighted by Gasteiger charge is -2.15. The van der Waals surface area contributed by atoms with Crippen LogP contribution in [-0.2, 0) is 16.2 Å². The van der Waals surface area contributed by atoms with Gasteiger partial charge in [0.25, 0.3) is 5.69 Å². The molecule has 12 heteroatoms. The van der Waals surface area contributed by atoms with E-state index < -0.39 is 32.4 Å². The molecule has 2 aromatic rings. The number of nitrogens with one attached hydrogen (secondary N) is 1. The lowest BCUT2D eigenvalue weighted by Crippen LogP contribution is -2.27. The molecule has 30 heavy (non-hydrogen) atoms. The minimum absolute atomic E-state index is 0.0523. The monoisotopic (exact) mass is 442 g/mol. The number of rotatable bonds is 6. The maximum Gasteiger partial charge on any atom is 0.416 e. The summed E-state index contributed by atoms with van der Waals surface area (Å²) in [5, 5.41) is 15.2. The van der Waals surface area contributed by atoms with Crippen LogP contribution in [0.15, 0.2) is 52.5 Å². The van der Waals surface area contributed by atoms with Crippen LogP contribution < -0.4 is 5.43 Å². The summed E-state index contributed by atoms with van der Waals surface area (Å²) in [5.41, 5.74) is 1.43. The number of nitro groups is 1. The summed E-state index contributed by atoms with van der Waals surface area (Å²) in [6, 6.07) is 7.62. The summed E-state index contributed by atoms with van der Waals surface area (Å²) in [6.07, 6.45) is -1.79. The van der Waals surface area contributed by atoms with Crippen LogP contribution in [0.3, 0.4) is 0 Å². The molecule has 0 bridgehead atoms. The maximum absolute atomic E-state index is 12.6. The van der Waals surface area contributed by atoms with Crippen molar-refractivity contribution in [1.29, 1.82) is 0 Å². The molecular weight excluding hydrogens is 425 g/mol. The number of alkyl halides is 3. The second kappa shape index (κ2) is 8.40. The van der Waals surface area contributed by atoms with E-state index in [2.05, 4.69) is 10.5 Å². The van der Waals surface area contributed by atoms with Crippen LogP contribution >= 0.6 is 0 Å². The van der Waals surface area contributed by atoms with Gasteiger partial charge in [0.15, 0.2) is 0 Å². The van der Waals surface area contributed by atoms with E-state index in [1.165, 1.54) is 34.8 Å². The Bertz CT molecular complexity index is 1060. The highest BCUT2D eigenvalue weighted by Gasteiger charge is 2.30. The highest BCUT2D eigenvalue weighted by Crippen LogP contribution is 2.31. The van der Waals surface area contributed by atoms with E-state index in [-0.39, 0.29) is 10.6 Å². The molecule has 0 aromatic heterocycles. The van der Waals surface area contributed by atoms with Gasteiger partial charge in [-0.3, -0.25) is 15.5 Å². The topological polar surface area (TPSA) is 105 Å². The molecule has 0 saturated carbocycles. The van der Waals surface area contributed by atoms with Gasteiger partial charge in [0, 0.05) is 19.2 Å². The first-order chi connectivity index (χ1) is 14.1. The molecule has 0 spiro atoms. The maximum atomic E-state index is 12.6. The Kier molecular flexibility index (Phi) is 6.08. The number of anilines is 1. The van der Waals surface area contributed by atoms with Gasteiger partial charge in [0.05, 0.1) is 21.6 Å². The molecule has 1 N–H and O–H groups in total. The summed E-state index contributed by atoms with van der Waals surface area (Å²) in [6.45, 7) is 0.737. The molecule has 8 nitrogen and oxygen atoms in total. The molecule has 1 heterocycles. The number of hydrogen-bond acceptors (Lipinski definition) is 6. The molecule has 0 aliphatic carbocycles. The molecule has 1 aliphatic rings. The van der Waals surface area contributed by atoms with E-state index in [1.54, 1.807) is 0 Å². The number of benzene rings is 2. The third-order valence-electron chi connectivity index (χ3n) is 4.51. The zero-order valence-electron chi connectivity index (χ0n) is 15.5. The Labute approximate surface area is 170 Å². The quantitative estimate of drug-likeness (QED) is 0.416. The molecule has 1 fully saturated rings. The van der Waals surface area contributed by atoms with Crippen LogP contribution in [0.4, 0.5) is 24.5 Å². The van der Waals surface area contributed by atoms with Crippen LogP contribution in [0.2, 0.25) is 0 Å². The fourth-order valence-electron chi connectivity index (χ4n) is 2.93. The van der Waals surface area contributed by atoms with Crippen molar-refractivity contribution >= 4 is 27.6 Å². The molecule has 160 valence electrons. The average molecular weight is 442 g/mol. The second-order valence-corrected chi connectivity index (χ2v) is 8.47. The van der Waals surface area contributed by atoms with Gasteiger partial charge in [-0.05, 0) is 42.7 Å². The van der Waals surface area contributed by atoms with Gasteiger partial charge in [-0.15, -0.1) is 0 Å². The zero-order chi connectivity index (χ0) is 21.9. The molecule has 0 unspecified atom stereocenters. The predicted octanol–water partition coefficient (Wildman–Crippen LogP) is 3.84. The minimum atomic E-state index is -4.45. The van der Waals surface area contributed by atoms with Crippen molar-refractivity contribution in [3.8, 4) is 0 Å². The number of sulfonamides is 1. The summed E-state index contributed by atoms with van der Waals surface area (Å²) >= 11 is 0. The number of nitrogens with zero attached hydrogens (tertiary/aromatic N) is 3. The minimum Gasteiger partial charge on any atom is -0.272 e. The van der Waals surface area contributed by atoms with Crippen LogP contribution in [0.1, 0.15) is 24.0 Å². The standard InChI is InChI=1S/C18H17F3N4O4S/c19-18(20,21)14-5-3-13(4-6-14)12-22-23-16-8-7-15(11-17(16)25(26)27)30(28,29)24-9-1-2-10-24/h3-8,11-12,23H,1-2,9-10H2/b22-12+. The Morgan fingerprint density at radius 3 is 2.30 bits per heavy atom. The second-order valence-electron chi connectivity index (χ2n) is 6.54. The van der Waals surface area contributed by atoms with Gasteiger partial charge in [-0.2, -0.15) is 22.6 Å². The van der Waals surface area contributed by atoms with Gasteiger partial charge in [-0.1, -0.05) is 12.1 Å². The van der Waals surface area contributed by atoms with E-state index in [9.17, 15) is 31.7 Å². The Balaban J connectivity index is 1.79. The average Bonchev–Trinajstić information content (AvgIpc) is 3.23. The smallest absolute Gasteiger partial charge is 0.272 e. The van der Waals surface area contributed by atoms with E-state index in [4.69, 9.17) is 0 Å². The lowest BCUT2D eigenvalue weighted by molar-refractivity contribution is -0.384. The van der Waals surface area contributed by atoms with Crippen LogP contribution in [-0.4, -0.2) is 37.0 Å². The SMILES string of the molecule is O=[N+]([O-])c1cc(S(=O)(=O)N2CCCC2)ccc1N/N=C/c1ccc(C(F)(F)F)cc1. The number of nitro benzene ring substituents is 1. The van der Waals surface area contributed by atoms with Crippen molar-refractivity contribution in [3.05, 3.63) is 63.7 Å². The van der Waals surface area contributed by atoms with Crippen LogP contribution in [0.25, 0.3) is 0 Å². The first-order valence-electron chi connectivity index (χ1n) is 8.84. The molecule has 1 saturated heterocycles. The van der Waals surface area contributed by atoms with E-state index >= 15 is 0 Å². The summed E-state index contributed by atoms with van der Waals surface area (Å²) in [7, 11) is -3.82. The number of halogens is 3.